The van der Waals surface area contributed by atoms with E-state index in [1.54, 1.807) is 18.9 Å². The smallest absolute Gasteiger partial charge is 0.243 e. The van der Waals surface area contributed by atoms with Crippen LogP contribution in [0.1, 0.15) is 25.5 Å². The van der Waals surface area contributed by atoms with E-state index in [0.717, 1.165) is 5.69 Å². The molecule has 0 saturated carbocycles. The fourth-order valence-corrected chi connectivity index (χ4v) is 3.02. The van der Waals surface area contributed by atoms with Crippen LogP contribution in [0.3, 0.4) is 0 Å². The number of nitrogens with zero attached hydrogens (tertiary/aromatic N) is 1. The van der Waals surface area contributed by atoms with Gasteiger partial charge in [-0.25, -0.2) is 4.39 Å². The average molecular weight is 369 g/mol. The molecule has 0 saturated heterocycles. The summed E-state index contributed by atoms with van der Waals surface area (Å²) in [4.78, 5) is 14.1. The third kappa shape index (κ3) is 4.26. The maximum absolute atomic E-state index is 13.7. The molecule has 3 nitrogen and oxygen atoms in total. The molecule has 2 aromatic carbocycles. The molecule has 2 aromatic rings. The number of nitrogens with one attached hydrogen (secondary N) is 1. The highest BCUT2D eigenvalue weighted by atomic mass is 35.5. The van der Waals surface area contributed by atoms with Crippen LogP contribution in [0.25, 0.3) is 0 Å². The van der Waals surface area contributed by atoms with Gasteiger partial charge in [0.2, 0.25) is 5.91 Å². The van der Waals surface area contributed by atoms with E-state index in [1.165, 1.54) is 12.1 Å². The summed E-state index contributed by atoms with van der Waals surface area (Å²) < 4.78 is 13.7. The van der Waals surface area contributed by atoms with Crippen molar-refractivity contribution in [2.75, 3.05) is 11.9 Å². The Morgan fingerprint density at radius 2 is 1.75 bits per heavy atom. The molecule has 6 heteroatoms. The molecule has 1 N–H and O–H groups in total. The maximum atomic E-state index is 13.7. The Kier molecular flexibility index (Phi) is 6.21. The number of para-hydroxylation sites is 1. The minimum Gasteiger partial charge on any atom is -0.314 e. The van der Waals surface area contributed by atoms with Gasteiger partial charge in [-0.15, -0.1) is 0 Å². The first-order valence-electron chi connectivity index (χ1n) is 7.54. The predicted molar refractivity (Wildman–Crippen MR) is 97.3 cm³/mol. The summed E-state index contributed by atoms with van der Waals surface area (Å²) in [6, 6.07) is 11.2. The van der Waals surface area contributed by atoms with Crippen molar-refractivity contribution in [3.05, 3.63) is 63.9 Å². The molecule has 2 atom stereocenters. The number of rotatable bonds is 5. The lowest BCUT2D eigenvalue weighted by Gasteiger charge is -2.25. The van der Waals surface area contributed by atoms with Gasteiger partial charge >= 0.3 is 0 Å². The SMILES string of the molecule is C[C@H](N[C@H](C)C(=O)N(C)c1ccccc1)c1cc(F)c(Cl)cc1Cl. The zero-order valence-electron chi connectivity index (χ0n) is 13.7. The number of benzene rings is 2. The van der Waals surface area contributed by atoms with Gasteiger partial charge in [-0.2, -0.15) is 0 Å². The van der Waals surface area contributed by atoms with Crippen LogP contribution in [0.5, 0.6) is 0 Å². The first-order valence-corrected chi connectivity index (χ1v) is 8.30. The van der Waals surface area contributed by atoms with Crippen molar-refractivity contribution in [3.8, 4) is 0 Å². The summed E-state index contributed by atoms with van der Waals surface area (Å²) in [5, 5.41) is 3.48. The Morgan fingerprint density at radius 1 is 1.12 bits per heavy atom. The van der Waals surface area contributed by atoms with Crippen LogP contribution in [-0.4, -0.2) is 19.0 Å². The molecule has 2 rings (SSSR count). The van der Waals surface area contributed by atoms with E-state index in [9.17, 15) is 9.18 Å². The van der Waals surface area contributed by atoms with Crippen molar-refractivity contribution < 1.29 is 9.18 Å². The number of halogens is 3. The second-order valence-electron chi connectivity index (χ2n) is 5.63. The van der Waals surface area contributed by atoms with Crippen molar-refractivity contribution in [1.82, 2.24) is 5.32 Å². The Hall–Kier alpha value is -1.62. The average Bonchev–Trinajstić information content (AvgIpc) is 2.57. The fourth-order valence-electron chi connectivity index (χ4n) is 2.48. The Balaban J connectivity index is 2.10. The van der Waals surface area contributed by atoms with Crippen molar-refractivity contribution in [3.63, 3.8) is 0 Å². The summed E-state index contributed by atoms with van der Waals surface area (Å²) in [5.41, 5.74) is 1.36. The molecule has 0 aliphatic rings. The van der Waals surface area contributed by atoms with Crippen LogP contribution >= 0.6 is 23.2 Å². The molecule has 0 radical (unpaired) electrons. The molecular formula is C18H19Cl2FN2O. The van der Waals surface area contributed by atoms with E-state index < -0.39 is 11.9 Å². The molecule has 1 amide bonds. The maximum Gasteiger partial charge on any atom is 0.243 e. The Labute approximate surface area is 151 Å². The molecule has 0 aromatic heterocycles. The highest BCUT2D eigenvalue weighted by molar-refractivity contribution is 6.35. The van der Waals surface area contributed by atoms with Crippen LogP contribution in [-0.2, 0) is 4.79 Å². The molecule has 0 aliphatic heterocycles. The van der Waals surface area contributed by atoms with Gasteiger partial charge < -0.3 is 4.90 Å². The molecule has 0 aliphatic carbocycles. The summed E-state index contributed by atoms with van der Waals surface area (Å²) >= 11 is 11.8. The normalized spacial score (nSPS) is 13.4. The van der Waals surface area contributed by atoms with Crippen LogP contribution < -0.4 is 10.2 Å². The zero-order chi connectivity index (χ0) is 17.9. The molecular weight excluding hydrogens is 350 g/mol. The zero-order valence-corrected chi connectivity index (χ0v) is 15.2. The number of hydrogen-bond acceptors (Lipinski definition) is 2. The largest absolute Gasteiger partial charge is 0.314 e. The number of carbonyl (C=O) groups is 1. The molecule has 24 heavy (non-hydrogen) atoms. The number of hydrogen-bond donors (Lipinski definition) is 1. The lowest BCUT2D eigenvalue weighted by atomic mass is 10.1. The van der Waals surface area contributed by atoms with Gasteiger partial charge in [-0.05, 0) is 43.7 Å². The topological polar surface area (TPSA) is 32.3 Å². The highest BCUT2D eigenvalue weighted by Gasteiger charge is 2.22. The van der Waals surface area contributed by atoms with Gasteiger partial charge in [-0.1, -0.05) is 41.4 Å². The van der Waals surface area contributed by atoms with Gasteiger partial charge in [0.05, 0.1) is 11.1 Å². The fraction of sp³-hybridized carbons (Fsp3) is 0.278. The van der Waals surface area contributed by atoms with E-state index >= 15 is 0 Å². The van der Waals surface area contributed by atoms with Crippen molar-refractivity contribution in [1.29, 1.82) is 0 Å². The van der Waals surface area contributed by atoms with E-state index in [-0.39, 0.29) is 17.0 Å². The first kappa shape index (κ1) is 18.7. The van der Waals surface area contributed by atoms with Crippen molar-refractivity contribution in [2.45, 2.75) is 25.9 Å². The van der Waals surface area contributed by atoms with E-state index in [0.29, 0.717) is 10.6 Å². The molecule has 0 fully saturated rings. The van der Waals surface area contributed by atoms with Gasteiger partial charge in [0, 0.05) is 23.8 Å². The van der Waals surface area contributed by atoms with Gasteiger partial charge in [0.15, 0.2) is 0 Å². The van der Waals surface area contributed by atoms with E-state index in [1.807, 2.05) is 37.3 Å². The molecule has 128 valence electrons. The minimum absolute atomic E-state index is 0.0242. The number of carbonyl (C=O) groups excluding carboxylic acids is 1. The first-order chi connectivity index (χ1) is 11.3. The molecule has 0 unspecified atom stereocenters. The minimum atomic E-state index is -0.537. The monoisotopic (exact) mass is 368 g/mol. The standard InChI is InChI=1S/C18H19Cl2FN2O/c1-11(14-9-17(21)16(20)10-15(14)19)22-12(2)18(24)23(3)13-7-5-4-6-8-13/h4-12,22H,1-3H3/t11-,12+/m0/s1. The third-order valence-electron chi connectivity index (χ3n) is 3.85. The number of amides is 1. The van der Waals surface area contributed by atoms with E-state index in [4.69, 9.17) is 23.2 Å². The second-order valence-corrected chi connectivity index (χ2v) is 6.45. The number of anilines is 1. The predicted octanol–water partition coefficient (Wildman–Crippen LogP) is 4.83. The van der Waals surface area contributed by atoms with Crippen LogP contribution in [0, 0.1) is 5.82 Å². The summed E-state index contributed by atoms with van der Waals surface area (Å²) in [7, 11) is 1.72. The number of likely N-dealkylation sites (N-methyl/N-ethyl adjacent to an activating group) is 1. The molecule has 0 spiro atoms. The van der Waals surface area contributed by atoms with Crippen LogP contribution in [0.15, 0.2) is 42.5 Å². The Bertz CT molecular complexity index is 724. The third-order valence-corrected chi connectivity index (χ3v) is 4.47. The Morgan fingerprint density at radius 3 is 2.38 bits per heavy atom. The quantitative estimate of drug-likeness (QED) is 0.766. The molecule has 0 bridgehead atoms. The summed E-state index contributed by atoms with van der Waals surface area (Å²) in [6.45, 7) is 3.58. The summed E-state index contributed by atoms with van der Waals surface area (Å²) in [5.74, 6) is -0.635. The lowest BCUT2D eigenvalue weighted by molar-refractivity contribution is -0.120. The van der Waals surface area contributed by atoms with E-state index in [2.05, 4.69) is 5.32 Å². The van der Waals surface area contributed by atoms with Crippen molar-refractivity contribution >= 4 is 34.8 Å². The van der Waals surface area contributed by atoms with Gasteiger partial charge in [0.25, 0.3) is 0 Å². The van der Waals surface area contributed by atoms with Gasteiger partial charge in [-0.3, -0.25) is 10.1 Å². The van der Waals surface area contributed by atoms with Crippen LogP contribution in [0.2, 0.25) is 10.0 Å². The van der Waals surface area contributed by atoms with Gasteiger partial charge in [0.1, 0.15) is 5.82 Å². The van der Waals surface area contributed by atoms with Crippen molar-refractivity contribution in [2.24, 2.45) is 0 Å². The summed E-state index contributed by atoms with van der Waals surface area (Å²) in [6.07, 6.45) is 0. The second kappa shape index (κ2) is 7.97. The molecule has 0 heterocycles. The van der Waals surface area contributed by atoms with Crippen LogP contribution in [0.4, 0.5) is 10.1 Å². The highest BCUT2D eigenvalue weighted by Crippen LogP contribution is 2.29. The lowest BCUT2D eigenvalue weighted by Crippen LogP contribution is -2.44.